The lowest BCUT2D eigenvalue weighted by Gasteiger charge is -2.29. The number of benzene rings is 2. The summed E-state index contributed by atoms with van der Waals surface area (Å²) in [5.41, 5.74) is 3.82. The van der Waals surface area contributed by atoms with Crippen LogP contribution in [0, 0.1) is 6.92 Å². The monoisotopic (exact) mass is 281 g/mol. The van der Waals surface area contributed by atoms with Crippen molar-refractivity contribution in [3.05, 3.63) is 65.2 Å². The van der Waals surface area contributed by atoms with Crippen LogP contribution in [0.25, 0.3) is 0 Å². The molecule has 0 saturated heterocycles. The highest BCUT2D eigenvalue weighted by atomic mass is 16.5. The van der Waals surface area contributed by atoms with E-state index in [2.05, 4.69) is 17.4 Å². The number of rotatable bonds is 3. The molecule has 0 amide bonds. The van der Waals surface area contributed by atoms with Gasteiger partial charge in [0.15, 0.2) is 0 Å². The molecule has 2 aromatic rings. The smallest absolute Gasteiger partial charge is 0.332 e. The quantitative estimate of drug-likeness (QED) is 0.879. The van der Waals surface area contributed by atoms with Crippen LogP contribution in [-0.4, -0.2) is 18.6 Å². The second-order valence-corrected chi connectivity index (χ2v) is 5.64. The molecule has 0 aromatic heterocycles. The molecule has 3 heteroatoms. The number of esters is 1. The maximum absolute atomic E-state index is 12.4. The Kier molecular flexibility index (Phi) is 3.42. The Morgan fingerprint density at radius 3 is 2.19 bits per heavy atom. The maximum Gasteiger partial charge on any atom is 0.332 e. The summed E-state index contributed by atoms with van der Waals surface area (Å²) in [5, 5.41) is 3.45. The highest BCUT2D eigenvalue weighted by molar-refractivity contribution is 5.87. The minimum absolute atomic E-state index is 0.207. The summed E-state index contributed by atoms with van der Waals surface area (Å²) in [4.78, 5) is 12.4. The summed E-state index contributed by atoms with van der Waals surface area (Å²) in [5.74, 6) is -0.207. The van der Waals surface area contributed by atoms with E-state index < -0.39 is 5.54 Å². The second kappa shape index (κ2) is 5.24. The van der Waals surface area contributed by atoms with Crippen LogP contribution in [0.15, 0.2) is 48.5 Å². The Hall–Kier alpha value is -2.29. The Balaban J connectivity index is 1.98. The minimum atomic E-state index is -0.704. The van der Waals surface area contributed by atoms with Crippen LogP contribution < -0.4 is 5.32 Å². The van der Waals surface area contributed by atoms with Crippen LogP contribution in [0.3, 0.4) is 0 Å². The van der Waals surface area contributed by atoms with E-state index in [9.17, 15) is 4.79 Å². The number of ether oxygens (including phenoxy) is 1. The van der Waals surface area contributed by atoms with E-state index in [1.54, 1.807) is 0 Å². The molecule has 0 bridgehead atoms. The van der Waals surface area contributed by atoms with E-state index in [1.165, 1.54) is 18.2 Å². The van der Waals surface area contributed by atoms with Crippen LogP contribution in [-0.2, 0) is 22.4 Å². The Labute approximate surface area is 124 Å². The van der Waals surface area contributed by atoms with Gasteiger partial charge in [-0.15, -0.1) is 0 Å². The molecule has 108 valence electrons. The van der Waals surface area contributed by atoms with E-state index >= 15 is 0 Å². The third-order valence-corrected chi connectivity index (χ3v) is 4.20. The summed E-state index contributed by atoms with van der Waals surface area (Å²) in [6.45, 7) is 2.04. The van der Waals surface area contributed by atoms with Gasteiger partial charge < -0.3 is 10.1 Å². The predicted molar refractivity (Wildman–Crippen MR) is 83.4 cm³/mol. The van der Waals surface area contributed by atoms with Gasteiger partial charge in [-0.25, -0.2) is 4.79 Å². The molecule has 1 aliphatic carbocycles. The average Bonchev–Trinajstić information content (AvgIpc) is 2.88. The Morgan fingerprint density at radius 1 is 1.05 bits per heavy atom. The molecule has 0 spiro atoms. The number of fused-ring (bicyclic) bond motifs is 1. The van der Waals surface area contributed by atoms with E-state index in [0.717, 1.165) is 11.3 Å². The molecule has 3 nitrogen and oxygen atoms in total. The number of nitrogens with one attached hydrogen (secondary N) is 1. The van der Waals surface area contributed by atoms with Gasteiger partial charge >= 0.3 is 5.97 Å². The average molecular weight is 281 g/mol. The number of methoxy groups -OCH3 is 1. The van der Waals surface area contributed by atoms with Crippen LogP contribution in [0.4, 0.5) is 5.69 Å². The number of anilines is 1. The van der Waals surface area contributed by atoms with Crippen molar-refractivity contribution in [1.29, 1.82) is 0 Å². The molecule has 0 unspecified atom stereocenters. The largest absolute Gasteiger partial charge is 0.467 e. The number of hydrogen-bond acceptors (Lipinski definition) is 3. The van der Waals surface area contributed by atoms with Gasteiger partial charge in [0.1, 0.15) is 5.54 Å². The molecular weight excluding hydrogens is 262 g/mol. The first-order valence-corrected chi connectivity index (χ1v) is 7.14. The molecule has 0 radical (unpaired) electrons. The fourth-order valence-electron chi connectivity index (χ4n) is 3.07. The van der Waals surface area contributed by atoms with Crippen molar-refractivity contribution in [2.24, 2.45) is 0 Å². The first-order valence-electron chi connectivity index (χ1n) is 7.14. The molecular formula is C18H19NO2. The summed E-state index contributed by atoms with van der Waals surface area (Å²) in [6, 6.07) is 16.2. The third-order valence-electron chi connectivity index (χ3n) is 4.20. The highest BCUT2D eigenvalue weighted by Crippen LogP contribution is 2.34. The number of para-hydroxylation sites is 1. The summed E-state index contributed by atoms with van der Waals surface area (Å²) < 4.78 is 5.08. The number of carbonyl (C=O) groups is 1. The topological polar surface area (TPSA) is 38.3 Å². The van der Waals surface area contributed by atoms with Gasteiger partial charge in [-0.3, -0.25) is 0 Å². The van der Waals surface area contributed by atoms with Crippen LogP contribution >= 0.6 is 0 Å². The molecule has 0 atom stereocenters. The van der Waals surface area contributed by atoms with Crippen molar-refractivity contribution in [1.82, 2.24) is 0 Å². The Bertz CT molecular complexity index is 653. The summed E-state index contributed by atoms with van der Waals surface area (Å²) >= 11 is 0. The molecule has 1 N–H and O–H groups in total. The molecule has 21 heavy (non-hydrogen) atoms. The van der Waals surface area contributed by atoms with Crippen LogP contribution in [0.1, 0.15) is 16.7 Å². The summed E-state index contributed by atoms with van der Waals surface area (Å²) in [6.07, 6.45) is 1.31. The predicted octanol–water partition coefficient (Wildman–Crippen LogP) is 3.12. The van der Waals surface area contributed by atoms with E-state index in [-0.39, 0.29) is 5.97 Å². The van der Waals surface area contributed by atoms with Crippen molar-refractivity contribution in [2.45, 2.75) is 25.3 Å². The number of aryl methyl sites for hydroxylation is 1. The Morgan fingerprint density at radius 2 is 1.62 bits per heavy atom. The molecule has 2 aromatic carbocycles. The lowest BCUT2D eigenvalue weighted by atomic mass is 9.94. The first kappa shape index (κ1) is 13.7. The molecule has 0 fully saturated rings. The van der Waals surface area contributed by atoms with Gasteiger partial charge in [0.2, 0.25) is 0 Å². The SMILES string of the molecule is COC(=O)C1(Nc2ccccc2C)Cc2ccccc2C1. The molecule has 3 rings (SSSR count). The molecule has 0 saturated carbocycles. The first-order chi connectivity index (χ1) is 10.1. The summed E-state index contributed by atoms with van der Waals surface area (Å²) in [7, 11) is 1.45. The van der Waals surface area contributed by atoms with Crippen LogP contribution in [0.2, 0.25) is 0 Å². The van der Waals surface area contributed by atoms with E-state index in [0.29, 0.717) is 12.8 Å². The third kappa shape index (κ3) is 2.40. The number of hydrogen-bond donors (Lipinski definition) is 1. The number of carbonyl (C=O) groups excluding carboxylic acids is 1. The van der Waals surface area contributed by atoms with E-state index in [4.69, 9.17) is 4.74 Å². The molecule has 0 aliphatic heterocycles. The van der Waals surface area contributed by atoms with Gasteiger partial charge in [0, 0.05) is 18.5 Å². The van der Waals surface area contributed by atoms with Crippen LogP contribution in [0.5, 0.6) is 0 Å². The van der Waals surface area contributed by atoms with Gasteiger partial charge in [-0.2, -0.15) is 0 Å². The lowest BCUT2D eigenvalue weighted by molar-refractivity contribution is -0.145. The zero-order chi connectivity index (χ0) is 14.9. The van der Waals surface area contributed by atoms with Crippen molar-refractivity contribution < 1.29 is 9.53 Å². The zero-order valence-corrected chi connectivity index (χ0v) is 12.3. The van der Waals surface area contributed by atoms with Gasteiger partial charge in [0.25, 0.3) is 0 Å². The van der Waals surface area contributed by atoms with Gasteiger partial charge in [-0.05, 0) is 29.7 Å². The highest BCUT2D eigenvalue weighted by Gasteiger charge is 2.45. The minimum Gasteiger partial charge on any atom is -0.467 e. The second-order valence-electron chi connectivity index (χ2n) is 5.64. The van der Waals surface area contributed by atoms with E-state index in [1.807, 2.05) is 43.3 Å². The van der Waals surface area contributed by atoms with Crippen molar-refractivity contribution in [3.63, 3.8) is 0 Å². The fourth-order valence-corrected chi connectivity index (χ4v) is 3.07. The standard InChI is InChI=1S/C18H19NO2/c1-13-7-3-6-10-16(13)19-18(17(20)21-2)11-14-8-4-5-9-15(14)12-18/h3-10,19H,11-12H2,1-2H3. The van der Waals surface area contributed by atoms with Gasteiger partial charge in [0.05, 0.1) is 7.11 Å². The lowest BCUT2D eigenvalue weighted by Crippen LogP contribution is -2.48. The normalized spacial score (nSPS) is 15.3. The maximum atomic E-state index is 12.4. The van der Waals surface area contributed by atoms with Crippen molar-refractivity contribution in [3.8, 4) is 0 Å². The van der Waals surface area contributed by atoms with Gasteiger partial charge in [-0.1, -0.05) is 42.5 Å². The fraction of sp³-hybridized carbons (Fsp3) is 0.278. The zero-order valence-electron chi connectivity index (χ0n) is 12.3. The van der Waals surface area contributed by atoms with Crippen molar-refractivity contribution >= 4 is 11.7 Å². The molecule has 0 heterocycles. The molecule has 1 aliphatic rings. The van der Waals surface area contributed by atoms with Crippen molar-refractivity contribution in [2.75, 3.05) is 12.4 Å².